The van der Waals surface area contributed by atoms with Gasteiger partial charge in [-0.05, 0) is 28.8 Å². The van der Waals surface area contributed by atoms with Crippen molar-refractivity contribution in [2.75, 3.05) is 20.2 Å². The van der Waals surface area contributed by atoms with E-state index < -0.39 is 11.9 Å². The second-order valence-corrected chi connectivity index (χ2v) is 6.14. The van der Waals surface area contributed by atoms with Gasteiger partial charge in [-0.1, -0.05) is 36.4 Å². The number of benzene rings is 2. The van der Waals surface area contributed by atoms with Crippen LogP contribution in [-0.2, 0) is 16.1 Å². The Labute approximate surface area is 163 Å². The Balaban J connectivity index is 0.000000300. The van der Waals surface area contributed by atoms with Gasteiger partial charge < -0.3 is 20.7 Å². The molecular formula is C21H24N2O5. The Hall–Kier alpha value is -3.16. The number of carboxylic acid groups (broad SMARTS) is 2. The number of methoxy groups -OCH3 is 1. The minimum absolute atomic E-state index is 0.306. The second kappa shape index (κ2) is 10.2. The van der Waals surface area contributed by atoms with E-state index >= 15 is 0 Å². The highest BCUT2D eigenvalue weighted by Crippen LogP contribution is 2.38. The van der Waals surface area contributed by atoms with Crippen LogP contribution in [0.4, 0.5) is 0 Å². The summed E-state index contributed by atoms with van der Waals surface area (Å²) in [6.45, 7) is 2.57. The van der Waals surface area contributed by atoms with Crippen molar-refractivity contribution in [2.45, 2.75) is 12.6 Å². The van der Waals surface area contributed by atoms with Crippen LogP contribution in [-0.4, -0.2) is 47.3 Å². The average molecular weight is 384 g/mol. The molecule has 148 valence electrons. The standard InChI is InChI=1S/C17H20N2O.C4H4O4/c1-20-15-8-6-13(7-9-15)17-16-5-3-2-4-14(16)12-19(17)11-10-18;5-3(6)1-2-4(7)8/h2-9,17H,10-12,18H2,1H3;1-2H,(H,5,6)(H,7,8). The number of hydrogen-bond acceptors (Lipinski definition) is 5. The van der Waals surface area contributed by atoms with Crippen LogP contribution in [0.2, 0.25) is 0 Å². The average Bonchev–Trinajstić information content (AvgIpc) is 3.05. The summed E-state index contributed by atoms with van der Waals surface area (Å²) in [6.07, 6.45) is 1.12. The summed E-state index contributed by atoms with van der Waals surface area (Å²) >= 11 is 0. The smallest absolute Gasteiger partial charge is 0.328 e. The molecule has 3 rings (SSSR count). The molecule has 1 heterocycles. The molecule has 1 unspecified atom stereocenters. The first kappa shape index (κ1) is 21.1. The number of fused-ring (bicyclic) bond motifs is 1. The van der Waals surface area contributed by atoms with E-state index in [4.69, 9.17) is 20.7 Å². The van der Waals surface area contributed by atoms with Gasteiger partial charge in [0, 0.05) is 31.8 Å². The molecule has 7 heteroatoms. The van der Waals surface area contributed by atoms with Crippen LogP contribution in [0.15, 0.2) is 60.7 Å². The maximum atomic E-state index is 9.55. The maximum absolute atomic E-state index is 9.55. The van der Waals surface area contributed by atoms with Crippen LogP contribution in [0.25, 0.3) is 0 Å². The summed E-state index contributed by atoms with van der Waals surface area (Å²) in [5, 5.41) is 15.6. The van der Waals surface area contributed by atoms with Crippen molar-refractivity contribution in [3.05, 3.63) is 77.4 Å². The molecule has 0 amide bonds. The highest BCUT2D eigenvalue weighted by molar-refractivity contribution is 5.89. The van der Waals surface area contributed by atoms with E-state index in [0.29, 0.717) is 24.7 Å². The van der Waals surface area contributed by atoms with Crippen molar-refractivity contribution in [2.24, 2.45) is 5.73 Å². The Morgan fingerprint density at radius 2 is 1.71 bits per heavy atom. The van der Waals surface area contributed by atoms with Crippen molar-refractivity contribution in [3.8, 4) is 5.75 Å². The molecule has 0 spiro atoms. The summed E-state index contributed by atoms with van der Waals surface area (Å²) in [5.41, 5.74) is 9.86. The largest absolute Gasteiger partial charge is 0.497 e. The zero-order valence-electron chi connectivity index (χ0n) is 15.6. The first-order valence-electron chi connectivity index (χ1n) is 8.76. The molecule has 0 saturated heterocycles. The summed E-state index contributed by atoms with van der Waals surface area (Å²) in [5.74, 6) is -1.62. The Kier molecular flexibility index (Phi) is 7.74. The van der Waals surface area contributed by atoms with Crippen LogP contribution in [0.5, 0.6) is 5.75 Å². The van der Waals surface area contributed by atoms with Crippen molar-refractivity contribution in [3.63, 3.8) is 0 Å². The zero-order valence-corrected chi connectivity index (χ0v) is 15.6. The van der Waals surface area contributed by atoms with Crippen LogP contribution in [0, 0.1) is 0 Å². The minimum Gasteiger partial charge on any atom is -0.497 e. The van der Waals surface area contributed by atoms with E-state index in [0.717, 1.165) is 18.8 Å². The number of aliphatic carboxylic acids is 2. The number of ether oxygens (including phenoxy) is 1. The van der Waals surface area contributed by atoms with E-state index in [-0.39, 0.29) is 0 Å². The third kappa shape index (κ3) is 5.67. The molecule has 0 aromatic heterocycles. The second-order valence-electron chi connectivity index (χ2n) is 6.14. The number of rotatable bonds is 6. The van der Waals surface area contributed by atoms with Crippen molar-refractivity contribution >= 4 is 11.9 Å². The van der Waals surface area contributed by atoms with E-state index in [1.54, 1.807) is 7.11 Å². The SMILES string of the molecule is COc1ccc(C2c3ccccc3CN2CCN)cc1.O=C(O)C=CC(=O)O. The Morgan fingerprint density at radius 3 is 2.25 bits per heavy atom. The molecular weight excluding hydrogens is 360 g/mol. The molecule has 0 bridgehead atoms. The summed E-state index contributed by atoms with van der Waals surface area (Å²) < 4.78 is 5.24. The lowest BCUT2D eigenvalue weighted by Crippen LogP contribution is -2.28. The predicted octanol–water partition coefficient (Wildman–Crippen LogP) is 2.27. The lowest BCUT2D eigenvalue weighted by Gasteiger charge is -2.25. The first-order chi connectivity index (χ1) is 13.5. The fraction of sp³-hybridized carbons (Fsp3) is 0.238. The summed E-state index contributed by atoms with van der Waals surface area (Å²) in [6, 6.07) is 17.3. The normalized spacial score (nSPS) is 15.6. The van der Waals surface area contributed by atoms with Crippen LogP contribution < -0.4 is 10.5 Å². The summed E-state index contributed by atoms with van der Waals surface area (Å²) in [4.78, 5) is 21.5. The molecule has 28 heavy (non-hydrogen) atoms. The van der Waals surface area contributed by atoms with Crippen LogP contribution in [0.1, 0.15) is 22.7 Å². The Bertz CT molecular complexity index is 817. The van der Waals surface area contributed by atoms with E-state index in [2.05, 4.69) is 41.3 Å². The van der Waals surface area contributed by atoms with E-state index in [1.807, 2.05) is 12.1 Å². The maximum Gasteiger partial charge on any atom is 0.328 e. The Morgan fingerprint density at radius 1 is 1.11 bits per heavy atom. The summed E-state index contributed by atoms with van der Waals surface area (Å²) in [7, 11) is 1.70. The van der Waals surface area contributed by atoms with Gasteiger partial charge in [-0.15, -0.1) is 0 Å². The molecule has 7 nitrogen and oxygen atoms in total. The molecule has 2 aromatic carbocycles. The van der Waals surface area contributed by atoms with Gasteiger partial charge in [0.2, 0.25) is 0 Å². The van der Waals surface area contributed by atoms with Gasteiger partial charge >= 0.3 is 11.9 Å². The molecule has 1 atom stereocenters. The zero-order chi connectivity index (χ0) is 20.5. The van der Waals surface area contributed by atoms with Gasteiger partial charge in [0.1, 0.15) is 5.75 Å². The van der Waals surface area contributed by atoms with E-state index in [9.17, 15) is 9.59 Å². The number of nitrogens with zero attached hydrogens (tertiary/aromatic N) is 1. The quantitative estimate of drug-likeness (QED) is 0.655. The van der Waals surface area contributed by atoms with Gasteiger partial charge in [0.05, 0.1) is 13.2 Å². The highest BCUT2D eigenvalue weighted by atomic mass is 16.5. The molecule has 0 saturated carbocycles. The van der Waals surface area contributed by atoms with Crippen molar-refractivity contribution in [1.82, 2.24) is 4.90 Å². The molecule has 0 fully saturated rings. The molecule has 0 aliphatic carbocycles. The van der Waals surface area contributed by atoms with Gasteiger partial charge in [-0.25, -0.2) is 9.59 Å². The van der Waals surface area contributed by atoms with Crippen molar-refractivity contribution in [1.29, 1.82) is 0 Å². The third-order valence-electron chi connectivity index (χ3n) is 4.30. The molecule has 1 aliphatic heterocycles. The number of nitrogens with two attached hydrogens (primary N) is 1. The number of hydrogen-bond donors (Lipinski definition) is 3. The lowest BCUT2D eigenvalue weighted by atomic mass is 9.98. The minimum atomic E-state index is -1.26. The van der Waals surface area contributed by atoms with Crippen molar-refractivity contribution < 1.29 is 24.5 Å². The topological polar surface area (TPSA) is 113 Å². The fourth-order valence-corrected chi connectivity index (χ4v) is 3.14. The highest BCUT2D eigenvalue weighted by Gasteiger charge is 2.30. The molecule has 4 N–H and O–H groups in total. The monoisotopic (exact) mass is 384 g/mol. The predicted molar refractivity (Wildman–Crippen MR) is 105 cm³/mol. The molecule has 0 radical (unpaired) electrons. The van der Waals surface area contributed by atoms with Crippen LogP contribution >= 0.6 is 0 Å². The van der Waals surface area contributed by atoms with Crippen LogP contribution in [0.3, 0.4) is 0 Å². The number of carbonyl (C=O) groups is 2. The van der Waals surface area contributed by atoms with Gasteiger partial charge in [0.15, 0.2) is 0 Å². The lowest BCUT2D eigenvalue weighted by molar-refractivity contribution is -0.134. The van der Waals surface area contributed by atoms with Gasteiger partial charge in [0.25, 0.3) is 0 Å². The van der Waals surface area contributed by atoms with Gasteiger partial charge in [-0.3, -0.25) is 4.90 Å². The fourth-order valence-electron chi connectivity index (χ4n) is 3.14. The molecule has 2 aromatic rings. The first-order valence-corrected chi connectivity index (χ1v) is 8.76. The number of carboxylic acids is 2. The van der Waals surface area contributed by atoms with Gasteiger partial charge in [-0.2, -0.15) is 0 Å². The molecule has 1 aliphatic rings. The van der Waals surface area contributed by atoms with E-state index in [1.165, 1.54) is 16.7 Å². The third-order valence-corrected chi connectivity index (χ3v) is 4.30.